The average molecular weight is 675 g/mol. The summed E-state index contributed by atoms with van der Waals surface area (Å²) in [4.78, 5) is 55.3. The number of phenols is 1. The summed E-state index contributed by atoms with van der Waals surface area (Å²) in [7, 11) is 8.15. The van der Waals surface area contributed by atoms with Crippen LogP contribution < -0.4 is 21.3 Å². The monoisotopic (exact) mass is 673 g/mol. The summed E-state index contributed by atoms with van der Waals surface area (Å²) in [6.07, 6.45) is 0.801. The maximum absolute atomic E-state index is 14.1. The molecule has 0 saturated heterocycles. The molecule has 1 aromatic carbocycles. The quantitative estimate of drug-likeness (QED) is 0.102. The van der Waals surface area contributed by atoms with Crippen molar-refractivity contribution in [3.8, 4) is 5.75 Å². The SMILES string of the molecule is COCCCNCC(=O)Nc1cc(N(C)C)c2c(c1O)C(O)=C1C(=O)C3(O)C(O)=C(C(N)=O)C(=O)[C@@H](N(C)C)C3CC1C2.Cl.Cl. The molecule has 8 N–H and O–H groups in total. The highest BCUT2D eigenvalue weighted by Crippen LogP contribution is 2.54. The fourth-order valence-corrected chi connectivity index (χ4v) is 6.52. The van der Waals surface area contributed by atoms with Crippen molar-refractivity contribution in [2.75, 3.05) is 65.2 Å². The first kappa shape index (κ1) is 37.8. The highest BCUT2D eigenvalue weighted by Gasteiger charge is 2.64. The van der Waals surface area contributed by atoms with Crippen LogP contribution in [-0.2, 0) is 30.3 Å². The zero-order chi connectivity index (χ0) is 32.0. The number of amides is 2. The van der Waals surface area contributed by atoms with E-state index in [4.69, 9.17) is 10.5 Å². The van der Waals surface area contributed by atoms with Gasteiger partial charge in [0.2, 0.25) is 11.7 Å². The number of benzene rings is 1. The topological polar surface area (TPSA) is 215 Å². The van der Waals surface area contributed by atoms with Gasteiger partial charge in [0, 0.05) is 45.0 Å². The number of carbonyl (C=O) groups excluding carboxylic acids is 4. The van der Waals surface area contributed by atoms with Crippen LogP contribution in [0.1, 0.15) is 24.0 Å². The van der Waals surface area contributed by atoms with Gasteiger partial charge in [-0.3, -0.25) is 24.1 Å². The Labute approximate surface area is 273 Å². The van der Waals surface area contributed by atoms with E-state index in [0.29, 0.717) is 30.8 Å². The number of aliphatic hydroxyl groups is 3. The molecule has 0 aromatic heterocycles. The van der Waals surface area contributed by atoms with E-state index in [-0.39, 0.29) is 61.0 Å². The third kappa shape index (κ3) is 6.35. The van der Waals surface area contributed by atoms with Crippen molar-refractivity contribution in [3.63, 3.8) is 0 Å². The molecule has 4 atom stereocenters. The third-order valence-electron chi connectivity index (χ3n) is 8.44. The summed E-state index contributed by atoms with van der Waals surface area (Å²) >= 11 is 0. The summed E-state index contributed by atoms with van der Waals surface area (Å²) in [6, 6.07) is 0.399. The number of aliphatic hydroxyl groups excluding tert-OH is 2. The first-order valence-electron chi connectivity index (χ1n) is 13.9. The van der Waals surface area contributed by atoms with Crippen LogP contribution in [0.4, 0.5) is 11.4 Å². The number of hydrogen-bond acceptors (Lipinski definition) is 12. The Morgan fingerprint density at radius 1 is 1.13 bits per heavy atom. The van der Waals surface area contributed by atoms with Crippen LogP contribution >= 0.6 is 24.8 Å². The molecular formula is C29H41Cl2N5O9. The Balaban J connectivity index is 0.00000353. The van der Waals surface area contributed by atoms with Gasteiger partial charge in [-0.2, -0.15) is 0 Å². The molecule has 14 nitrogen and oxygen atoms in total. The number of hydrogen-bond donors (Lipinski definition) is 7. The van der Waals surface area contributed by atoms with E-state index >= 15 is 0 Å². The van der Waals surface area contributed by atoms with Crippen LogP contribution in [0.5, 0.6) is 5.75 Å². The number of carbonyl (C=O) groups is 4. The zero-order valence-electron chi connectivity index (χ0n) is 25.7. The van der Waals surface area contributed by atoms with Gasteiger partial charge in [-0.1, -0.05) is 0 Å². The summed E-state index contributed by atoms with van der Waals surface area (Å²) in [6.45, 7) is 0.998. The molecule has 3 aliphatic carbocycles. The number of nitrogens with zero attached hydrogens (tertiary/aromatic N) is 2. The molecule has 1 saturated carbocycles. The number of methoxy groups -OCH3 is 1. The van der Waals surface area contributed by atoms with Crippen molar-refractivity contribution in [2.45, 2.75) is 30.9 Å². The summed E-state index contributed by atoms with van der Waals surface area (Å²) in [5.74, 6) is -7.83. The number of rotatable bonds is 10. The number of nitrogens with two attached hydrogens (primary N) is 1. The molecule has 1 fully saturated rings. The number of phenolic OH excluding ortho intramolecular Hbond substituents is 1. The van der Waals surface area contributed by atoms with Gasteiger partial charge in [0.1, 0.15) is 22.8 Å². The van der Waals surface area contributed by atoms with Gasteiger partial charge in [0.05, 0.1) is 23.8 Å². The Morgan fingerprint density at radius 2 is 1.78 bits per heavy atom. The molecule has 0 spiro atoms. The van der Waals surface area contributed by atoms with Gasteiger partial charge in [-0.25, -0.2) is 0 Å². The normalized spacial score (nSPS) is 23.8. The number of ketones is 2. The predicted octanol–water partition coefficient (Wildman–Crippen LogP) is 0.438. The largest absolute Gasteiger partial charge is 0.508 e. The molecule has 16 heteroatoms. The molecule has 4 rings (SSSR count). The standard InChI is InChI=1S/C29H39N5O9.2ClH/c1-33(2)17-11-16(32-18(35)12-31-7-6-8-43-5)23(36)20-14(17)9-13-10-15-22(34(3)4)25(38)21(28(30)41)27(40)29(15,42)26(39)19(13)24(20)37;;/h11,13,15,22,31,36-37,40,42H,6-10,12H2,1-5H3,(H2,30,41)(H,32,35);2*1H/t13?,15?,22-,29?;;/m0../s1. The Kier molecular flexibility index (Phi) is 12.1. The van der Waals surface area contributed by atoms with Crippen LogP contribution in [-0.4, -0.2) is 115 Å². The van der Waals surface area contributed by atoms with Gasteiger partial charge in [0.25, 0.3) is 5.91 Å². The minimum atomic E-state index is -2.73. The molecule has 2 amide bonds. The van der Waals surface area contributed by atoms with E-state index in [9.17, 15) is 39.6 Å². The van der Waals surface area contributed by atoms with Gasteiger partial charge < -0.3 is 46.4 Å². The molecule has 3 unspecified atom stereocenters. The number of halogens is 2. The Hall–Kier alpha value is -3.40. The van der Waals surface area contributed by atoms with E-state index in [0.717, 1.165) is 0 Å². The molecule has 0 heterocycles. The number of anilines is 2. The van der Waals surface area contributed by atoms with Gasteiger partial charge >= 0.3 is 0 Å². The van der Waals surface area contributed by atoms with Crippen LogP contribution in [0, 0.1) is 11.8 Å². The van der Waals surface area contributed by atoms with Gasteiger partial charge in [-0.05, 0) is 57.5 Å². The third-order valence-corrected chi connectivity index (χ3v) is 8.44. The maximum Gasteiger partial charge on any atom is 0.255 e. The van der Waals surface area contributed by atoms with E-state index in [1.807, 2.05) is 0 Å². The minimum Gasteiger partial charge on any atom is -0.508 e. The number of primary amides is 1. The first-order chi connectivity index (χ1) is 20.2. The molecule has 1 aromatic rings. The average Bonchev–Trinajstić information content (AvgIpc) is 2.91. The minimum absolute atomic E-state index is 0. The maximum atomic E-state index is 14.1. The van der Waals surface area contributed by atoms with Crippen molar-refractivity contribution in [1.82, 2.24) is 10.2 Å². The number of Topliss-reactive ketones (excluding diaryl/α,β-unsaturated/α-hetero) is 2. The molecule has 0 bridgehead atoms. The van der Waals surface area contributed by atoms with Crippen molar-refractivity contribution < 1.29 is 44.3 Å². The summed E-state index contributed by atoms with van der Waals surface area (Å²) < 4.78 is 4.98. The second kappa shape index (κ2) is 14.4. The fraction of sp³-hybridized carbons (Fsp3) is 0.517. The van der Waals surface area contributed by atoms with Crippen LogP contribution in [0.25, 0.3) is 5.76 Å². The second-order valence-electron chi connectivity index (χ2n) is 11.6. The Morgan fingerprint density at radius 3 is 2.33 bits per heavy atom. The summed E-state index contributed by atoms with van der Waals surface area (Å²) in [5.41, 5.74) is 2.42. The molecule has 45 heavy (non-hydrogen) atoms. The molecule has 0 radical (unpaired) electrons. The lowest BCUT2D eigenvalue weighted by atomic mass is 9.57. The highest BCUT2D eigenvalue weighted by atomic mass is 35.5. The number of ether oxygens (including phenoxy) is 1. The van der Waals surface area contributed by atoms with Crippen LogP contribution in [0.15, 0.2) is 23.0 Å². The molecule has 250 valence electrons. The lowest BCUT2D eigenvalue weighted by Gasteiger charge is -2.50. The Bertz CT molecular complexity index is 1450. The van der Waals surface area contributed by atoms with Crippen molar-refractivity contribution >= 4 is 65.3 Å². The van der Waals surface area contributed by atoms with Crippen LogP contribution in [0.3, 0.4) is 0 Å². The van der Waals surface area contributed by atoms with E-state index < -0.39 is 69.7 Å². The smallest absolute Gasteiger partial charge is 0.255 e. The molecular weight excluding hydrogens is 633 g/mol. The highest BCUT2D eigenvalue weighted by molar-refractivity contribution is 6.24. The lowest BCUT2D eigenvalue weighted by molar-refractivity contribution is -0.153. The van der Waals surface area contributed by atoms with E-state index in [2.05, 4.69) is 10.6 Å². The van der Waals surface area contributed by atoms with E-state index in [1.165, 1.54) is 4.90 Å². The predicted molar refractivity (Wildman–Crippen MR) is 171 cm³/mol. The lowest BCUT2D eigenvalue weighted by Crippen LogP contribution is -2.65. The molecule has 0 aliphatic heterocycles. The van der Waals surface area contributed by atoms with Crippen molar-refractivity contribution in [2.24, 2.45) is 17.6 Å². The van der Waals surface area contributed by atoms with Crippen molar-refractivity contribution in [3.05, 3.63) is 34.1 Å². The fourth-order valence-electron chi connectivity index (χ4n) is 6.52. The number of nitrogens with one attached hydrogen (secondary N) is 2. The van der Waals surface area contributed by atoms with E-state index in [1.54, 1.807) is 46.3 Å². The van der Waals surface area contributed by atoms with Gasteiger partial charge in [0.15, 0.2) is 11.4 Å². The van der Waals surface area contributed by atoms with Crippen LogP contribution in [0.2, 0.25) is 0 Å². The molecule has 3 aliphatic rings. The van der Waals surface area contributed by atoms with Crippen molar-refractivity contribution in [1.29, 1.82) is 0 Å². The second-order valence-corrected chi connectivity index (χ2v) is 11.6. The first-order valence-corrected chi connectivity index (χ1v) is 13.9. The summed E-state index contributed by atoms with van der Waals surface area (Å²) in [5, 5.41) is 51.2. The number of aromatic hydroxyl groups is 1. The van der Waals surface area contributed by atoms with Gasteiger partial charge in [-0.15, -0.1) is 24.8 Å². The zero-order valence-corrected chi connectivity index (χ0v) is 27.3. The number of fused-ring (bicyclic) bond motifs is 3. The number of likely N-dealkylation sites (N-methyl/N-ethyl adjacent to an activating group) is 1.